The molecule has 0 aliphatic carbocycles. The Morgan fingerprint density at radius 1 is 1.29 bits per heavy atom. The average molecular weight is 426 g/mol. The second kappa shape index (κ2) is 13.3. The van der Waals surface area contributed by atoms with E-state index < -0.39 is 0 Å². The molecule has 5 nitrogen and oxygen atoms in total. The summed E-state index contributed by atoms with van der Waals surface area (Å²) in [5, 5.41) is 7.80. The van der Waals surface area contributed by atoms with E-state index in [2.05, 4.69) is 27.5 Å². The van der Waals surface area contributed by atoms with Crippen molar-refractivity contribution in [1.82, 2.24) is 15.6 Å². The molecule has 0 aliphatic heterocycles. The van der Waals surface area contributed by atoms with Gasteiger partial charge >= 0.3 is 0 Å². The summed E-state index contributed by atoms with van der Waals surface area (Å²) in [6.45, 7) is 4.73. The van der Waals surface area contributed by atoms with Crippen LogP contribution in [0.5, 0.6) is 0 Å². The maximum atomic E-state index is 5.03. The molecule has 0 unspecified atom stereocenters. The van der Waals surface area contributed by atoms with Gasteiger partial charge < -0.3 is 15.4 Å². The van der Waals surface area contributed by atoms with Gasteiger partial charge in [-0.15, -0.1) is 35.3 Å². The van der Waals surface area contributed by atoms with Crippen molar-refractivity contribution in [3.63, 3.8) is 0 Å². The van der Waals surface area contributed by atoms with Gasteiger partial charge in [-0.3, -0.25) is 4.99 Å². The van der Waals surface area contributed by atoms with Crippen LogP contribution < -0.4 is 10.6 Å². The normalized spacial score (nSPS) is 11.1. The molecule has 0 saturated heterocycles. The molecule has 122 valence electrons. The van der Waals surface area contributed by atoms with Crippen LogP contribution in [0.2, 0.25) is 0 Å². The summed E-state index contributed by atoms with van der Waals surface area (Å²) in [5.74, 6) is 0.866. The number of aryl methyl sites for hydroxylation is 1. The molecule has 0 fully saturated rings. The molecule has 7 heteroatoms. The first kappa shape index (κ1) is 20.6. The molecule has 1 aromatic heterocycles. The first-order chi connectivity index (χ1) is 9.76. The number of nitrogens with zero attached hydrogens (tertiary/aromatic N) is 2. The monoisotopic (exact) mass is 426 g/mol. The Morgan fingerprint density at radius 3 is 2.67 bits per heavy atom. The lowest BCUT2D eigenvalue weighted by atomic mass is 10.2. The smallest absolute Gasteiger partial charge is 0.190 e. The van der Waals surface area contributed by atoms with E-state index in [1.165, 1.54) is 16.3 Å². The molecule has 0 saturated carbocycles. The van der Waals surface area contributed by atoms with Crippen LogP contribution in [-0.2, 0) is 11.2 Å². The summed E-state index contributed by atoms with van der Waals surface area (Å²) in [4.78, 5) is 9.82. The molecule has 0 amide bonds. The Kier molecular flexibility index (Phi) is 13.0. The van der Waals surface area contributed by atoms with Crippen LogP contribution in [0.25, 0.3) is 0 Å². The van der Waals surface area contributed by atoms with Crippen molar-refractivity contribution in [2.24, 2.45) is 4.99 Å². The van der Waals surface area contributed by atoms with Crippen LogP contribution in [0.15, 0.2) is 11.2 Å². The Balaban J connectivity index is 0.00000400. The zero-order valence-corrected chi connectivity index (χ0v) is 16.3. The SMILES string of the molecule is CN=C(NCCCCCOC)NCCc1ncc(C)s1.I. The van der Waals surface area contributed by atoms with Crippen LogP contribution in [-0.4, -0.2) is 44.8 Å². The number of aromatic nitrogens is 1. The van der Waals surface area contributed by atoms with Gasteiger partial charge in [-0.25, -0.2) is 4.98 Å². The largest absolute Gasteiger partial charge is 0.385 e. The highest BCUT2D eigenvalue weighted by Crippen LogP contribution is 2.10. The molecule has 0 radical (unpaired) electrons. The molecule has 21 heavy (non-hydrogen) atoms. The second-order valence-corrected chi connectivity index (χ2v) is 5.91. The molecule has 0 aliphatic rings. The van der Waals surface area contributed by atoms with Gasteiger partial charge in [0.2, 0.25) is 0 Å². The third kappa shape index (κ3) is 10.0. The van der Waals surface area contributed by atoms with Crippen LogP contribution in [0, 0.1) is 6.92 Å². The fourth-order valence-corrected chi connectivity index (χ4v) is 2.57. The molecule has 0 bridgehead atoms. The Bertz CT molecular complexity index is 398. The lowest BCUT2D eigenvalue weighted by Crippen LogP contribution is -2.38. The summed E-state index contributed by atoms with van der Waals surface area (Å²) < 4.78 is 5.03. The van der Waals surface area contributed by atoms with Crippen molar-refractivity contribution in [1.29, 1.82) is 0 Å². The predicted molar refractivity (Wildman–Crippen MR) is 101 cm³/mol. The topological polar surface area (TPSA) is 58.5 Å². The van der Waals surface area contributed by atoms with Crippen molar-refractivity contribution < 1.29 is 4.74 Å². The first-order valence-corrected chi connectivity index (χ1v) is 7.92. The maximum absolute atomic E-state index is 5.03. The van der Waals surface area contributed by atoms with E-state index in [1.54, 1.807) is 25.5 Å². The second-order valence-electron chi connectivity index (χ2n) is 4.59. The minimum Gasteiger partial charge on any atom is -0.385 e. The summed E-state index contributed by atoms with van der Waals surface area (Å²) >= 11 is 1.75. The molecular formula is C14H27IN4OS. The van der Waals surface area contributed by atoms with Crippen molar-refractivity contribution in [3.05, 3.63) is 16.1 Å². The zero-order chi connectivity index (χ0) is 14.6. The lowest BCUT2D eigenvalue weighted by molar-refractivity contribution is 0.192. The van der Waals surface area contributed by atoms with Gasteiger partial charge in [-0.05, 0) is 26.2 Å². The van der Waals surface area contributed by atoms with Crippen molar-refractivity contribution >= 4 is 41.3 Å². The van der Waals surface area contributed by atoms with Crippen molar-refractivity contribution in [2.75, 3.05) is 33.9 Å². The van der Waals surface area contributed by atoms with E-state index in [0.29, 0.717) is 0 Å². The number of ether oxygens (including phenoxy) is 1. The minimum absolute atomic E-state index is 0. The Labute approximate surface area is 149 Å². The highest BCUT2D eigenvalue weighted by atomic mass is 127. The van der Waals surface area contributed by atoms with E-state index in [9.17, 15) is 0 Å². The molecular weight excluding hydrogens is 399 g/mol. The molecule has 1 heterocycles. The van der Waals surface area contributed by atoms with Crippen LogP contribution in [0.3, 0.4) is 0 Å². The molecule has 1 rings (SSSR count). The van der Waals surface area contributed by atoms with E-state index in [-0.39, 0.29) is 24.0 Å². The van der Waals surface area contributed by atoms with E-state index in [0.717, 1.165) is 44.9 Å². The third-order valence-electron chi connectivity index (χ3n) is 2.84. The predicted octanol–water partition coefficient (Wildman–Crippen LogP) is 2.59. The van der Waals surface area contributed by atoms with Gasteiger partial charge in [-0.1, -0.05) is 0 Å². The number of unbranched alkanes of at least 4 members (excludes halogenated alkanes) is 2. The molecule has 0 aromatic carbocycles. The van der Waals surface area contributed by atoms with E-state index in [4.69, 9.17) is 4.74 Å². The Morgan fingerprint density at radius 2 is 2.05 bits per heavy atom. The van der Waals surface area contributed by atoms with E-state index in [1.807, 2.05) is 6.20 Å². The first-order valence-electron chi connectivity index (χ1n) is 7.11. The van der Waals surface area contributed by atoms with Crippen LogP contribution in [0.1, 0.15) is 29.1 Å². The third-order valence-corrected chi connectivity index (χ3v) is 3.81. The minimum atomic E-state index is 0. The number of rotatable bonds is 9. The van der Waals surface area contributed by atoms with E-state index >= 15 is 0 Å². The van der Waals surface area contributed by atoms with Crippen LogP contribution in [0.4, 0.5) is 0 Å². The van der Waals surface area contributed by atoms with Crippen molar-refractivity contribution in [2.45, 2.75) is 32.6 Å². The van der Waals surface area contributed by atoms with Gasteiger partial charge in [0.1, 0.15) is 0 Å². The van der Waals surface area contributed by atoms with Gasteiger partial charge in [0.25, 0.3) is 0 Å². The summed E-state index contributed by atoms with van der Waals surface area (Å²) in [7, 11) is 3.54. The lowest BCUT2D eigenvalue weighted by Gasteiger charge is -2.11. The summed E-state index contributed by atoms with van der Waals surface area (Å²) in [6.07, 6.45) is 6.29. The molecule has 0 spiro atoms. The summed E-state index contributed by atoms with van der Waals surface area (Å²) in [6, 6.07) is 0. The highest BCUT2D eigenvalue weighted by Gasteiger charge is 2.00. The Hall–Kier alpha value is -0.410. The van der Waals surface area contributed by atoms with Gasteiger partial charge in [0.15, 0.2) is 5.96 Å². The fraction of sp³-hybridized carbons (Fsp3) is 0.714. The molecule has 0 atom stereocenters. The number of hydrogen-bond acceptors (Lipinski definition) is 4. The zero-order valence-electron chi connectivity index (χ0n) is 13.1. The number of hydrogen-bond donors (Lipinski definition) is 2. The number of nitrogens with one attached hydrogen (secondary N) is 2. The number of guanidine groups is 1. The number of methoxy groups -OCH3 is 1. The highest BCUT2D eigenvalue weighted by molar-refractivity contribution is 14.0. The number of thiazole rings is 1. The average Bonchev–Trinajstić information content (AvgIpc) is 2.86. The van der Waals surface area contributed by atoms with Gasteiger partial charge in [-0.2, -0.15) is 0 Å². The quantitative estimate of drug-likeness (QED) is 0.276. The summed E-state index contributed by atoms with van der Waals surface area (Å²) in [5.41, 5.74) is 0. The molecule has 1 aromatic rings. The van der Waals surface area contributed by atoms with Crippen LogP contribution >= 0.6 is 35.3 Å². The standard InChI is InChI=1S/C14H26N4OS.HI/c1-12-11-18-13(20-12)7-9-17-14(15-2)16-8-5-4-6-10-19-3;/h11H,4-10H2,1-3H3,(H2,15,16,17);1H. The van der Waals surface area contributed by atoms with Crippen molar-refractivity contribution in [3.8, 4) is 0 Å². The maximum Gasteiger partial charge on any atom is 0.190 e. The molecule has 2 N–H and O–H groups in total. The number of halogens is 1. The van der Waals surface area contributed by atoms with Gasteiger partial charge in [0.05, 0.1) is 5.01 Å². The number of aliphatic imine (C=N–C) groups is 1. The fourth-order valence-electron chi connectivity index (χ4n) is 1.78. The van der Waals surface area contributed by atoms with Gasteiger partial charge in [0, 0.05) is 51.3 Å².